The summed E-state index contributed by atoms with van der Waals surface area (Å²) in [5, 5.41) is 10.4. The molecule has 0 saturated carbocycles. The van der Waals surface area contributed by atoms with Crippen molar-refractivity contribution in [2.45, 2.75) is 52.0 Å². The molecule has 0 fully saturated rings. The molecule has 0 aliphatic carbocycles. The second kappa shape index (κ2) is 5.92. The highest BCUT2D eigenvalue weighted by molar-refractivity contribution is 6.46. The van der Waals surface area contributed by atoms with Crippen LogP contribution in [0.25, 0.3) is 0 Å². The average molecular weight is 303 g/mol. The second-order valence-electron chi connectivity index (χ2n) is 5.89. The molecule has 1 heterocycles. The molecule has 4 nitrogen and oxygen atoms in total. The molecule has 1 unspecified atom stereocenters. The van der Waals surface area contributed by atoms with Gasteiger partial charge in [-0.1, -0.05) is 13.8 Å². The zero-order valence-corrected chi connectivity index (χ0v) is 12.7. The summed E-state index contributed by atoms with van der Waals surface area (Å²) in [6.07, 6.45) is -2.52. The minimum Gasteiger partial charge on any atom is -0.426 e. The monoisotopic (exact) mass is 303 g/mol. The van der Waals surface area contributed by atoms with Crippen molar-refractivity contribution in [2.75, 3.05) is 0 Å². The summed E-state index contributed by atoms with van der Waals surface area (Å²) in [5.41, 5.74) is -1.75. The molecule has 0 spiro atoms. The number of aromatic nitrogens is 2. The summed E-state index contributed by atoms with van der Waals surface area (Å²) in [4.78, 5) is 6.48. The Morgan fingerprint density at radius 3 is 2.00 bits per heavy atom. The fourth-order valence-electron chi connectivity index (χ4n) is 1.58. The molecular weight excluding hydrogens is 284 g/mol. The van der Waals surface area contributed by atoms with E-state index in [-0.39, 0.29) is 11.4 Å². The number of hydrogen-bond acceptors (Lipinski definition) is 4. The van der Waals surface area contributed by atoms with Gasteiger partial charge in [-0.3, -0.25) is 0 Å². The minimum absolute atomic E-state index is 0.0650. The third-order valence-corrected chi connectivity index (χ3v) is 3.76. The van der Waals surface area contributed by atoms with E-state index in [2.05, 4.69) is 9.97 Å². The van der Waals surface area contributed by atoms with Gasteiger partial charge in [-0.05, 0) is 32.2 Å². The van der Waals surface area contributed by atoms with Crippen molar-refractivity contribution in [1.29, 1.82) is 0 Å². The van der Waals surface area contributed by atoms with E-state index in [1.165, 1.54) is 7.48 Å². The van der Waals surface area contributed by atoms with Gasteiger partial charge in [0.2, 0.25) is 5.82 Å². The van der Waals surface area contributed by atoms with E-state index in [9.17, 15) is 18.3 Å². The first-order valence-electron chi connectivity index (χ1n) is 6.50. The molecule has 8 heteroatoms. The number of rotatable bonds is 5. The molecule has 0 saturated heterocycles. The largest absolute Gasteiger partial charge is 0.451 e. The Balaban J connectivity index is 2.76. The van der Waals surface area contributed by atoms with Gasteiger partial charge in [0.1, 0.15) is 0 Å². The smallest absolute Gasteiger partial charge is 0.426 e. The van der Waals surface area contributed by atoms with Crippen LogP contribution >= 0.6 is 0 Å². The highest BCUT2D eigenvalue weighted by Gasteiger charge is 2.42. The first-order chi connectivity index (χ1) is 9.38. The third-order valence-electron chi connectivity index (χ3n) is 3.76. The lowest BCUT2D eigenvalue weighted by molar-refractivity contribution is -0.145. The summed E-state index contributed by atoms with van der Waals surface area (Å²) >= 11 is 0. The maximum atomic E-state index is 12.3. The third kappa shape index (κ3) is 4.17. The summed E-state index contributed by atoms with van der Waals surface area (Å²) < 4.78 is 42.6. The maximum Gasteiger partial charge on any atom is 0.451 e. The van der Waals surface area contributed by atoms with Crippen molar-refractivity contribution < 1.29 is 22.9 Å². The van der Waals surface area contributed by atoms with E-state index in [1.807, 2.05) is 13.8 Å². The number of alkyl halides is 3. The van der Waals surface area contributed by atoms with Crippen LogP contribution in [0.1, 0.15) is 40.4 Å². The Bertz CT molecular complexity index is 473. The Morgan fingerprint density at radius 2 is 1.62 bits per heavy atom. The van der Waals surface area contributed by atoms with Gasteiger partial charge >= 0.3 is 13.7 Å². The molecule has 117 valence electrons. The van der Waals surface area contributed by atoms with Crippen molar-refractivity contribution in [3.8, 4) is 0 Å². The lowest BCUT2D eigenvalue weighted by atomic mass is 9.76. The fraction of sp³-hybridized carbons (Fsp3) is 0.692. The standard InChI is InChI=1S/C13H19BF3N2O2/c1-8(2)12(5,20)11(3,4)21-14-9-6-18-10(19-7-9)13(15,16)17/h6-8,20H,1-5H3. The Hall–Kier alpha value is -1.15. The molecule has 0 aromatic carbocycles. The van der Waals surface area contributed by atoms with Crippen molar-refractivity contribution in [3.05, 3.63) is 18.2 Å². The van der Waals surface area contributed by atoms with E-state index in [0.717, 1.165) is 12.4 Å². The Labute approximate surface area is 123 Å². The van der Waals surface area contributed by atoms with Gasteiger partial charge < -0.3 is 9.76 Å². The van der Waals surface area contributed by atoms with Gasteiger partial charge in [-0.25, -0.2) is 9.97 Å². The summed E-state index contributed by atoms with van der Waals surface area (Å²) in [7, 11) is 1.25. The fourth-order valence-corrected chi connectivity index (χ4v) is 1.58. The lowest BCUT2D eigenvalue weighted by Gasteiger charge is -2.43. The van der Waals surface area contributed by atoms with Gasteiger partial charge in [0.25, 0.3) is 0 Å². The van der Waals surface area contributed by atoms with Crippen LogP contribution in [0.15, 0.2) is 12.4 Å². The normalized spacial score (nSPS) is 15.9. The van der Waals surface area contributed by atoms with Crippen LogP contribution in [0.3, 0.4) is 0 Å². The topological polar surface area (TPSA) is 55.2 Å². The molecule has 0 aliphatic heterocycles. The van der Waals surface area contributed by atoms with Crippen molar-refractivity contribution >= 4 is 12.9 Å². The highest BCUT2D eigenvalue weighted by Crippen LogP contribution is 2.31. The van der Waals surface area contributed by atoms with Gasteiger partial charge in [0.05, 0.1) is 11.2 Å². The van der Waals surface area contributed by atoms with Gasteiger partial charge in [-0.15, -0.1) is 0 Å². The zero-order chi connectivity index (χ0) is 16.5. The number of aliphatic hydroxyl groups is 1. The first-order valence-corrected chi connectivity index (χ1v) is 6.50. The van der Waals surface area contributed by atoms with E-state index in [1.54, 1.807) is 20.8 Å². The minimum atomic E-state index is -4.57. The highest BCUT2D eigenvalue weighted by atomic mass is 19.4. The van der Waals surface area contributed by atoms with Gasteiger partial charge in [0, 0.05) is 12.4 Å². The van der Waals surface area contributed by atoms with Crippen LogP contribution in [0.2, 0.25) is 0 Å². The second-order valence-corrected chi connectivity index (χ2v) is 5.89. The predicted octanol–water partition coefficient (Wildman–Crippen LogP) is 1.94. The zero-order valence-electron chi connectivity index (χ0n) is 12.7. The first kappa shape index (κ1) is 17.9. The average Bonchev–Trinajstić information content (AvgIpc) is 2.35. The quantitative estimate of drug-likeness (QED) is 0.845. The maximum absolute atomic E-state index is 12.3. The molecule has 21 heavy (non-hydrogen) atoms. The van der Waals surface area contributed by atoms with Crippen LogP contribution in [-0.2, 0) is 10.8 Å². The molecule has 1 atom stereocenters. The molecule has 1 N–H and O–H groups in total. The molecule has 1 radical (unpaired) electrons. The summed E-state index contributed by atoms with van der Waals surface area (Å²) in [6.45, 7) is 8.76. The number of halogens is 3. The van der Waals surface area contributed by atoms with Gasteiger partial charge in [0.15, 0.2) is 0 Å². The number of hydrogen-bond donors (Lipinski definition) is 1. The molecule has 0 amide bonds. The number of nitrogens with zero attached hydrogens (tertiary/aromatic N) is 2. The molecule has 0 aliphatic rings. The SMILES string of the molecule is CC(C)C(C)(O)C(C)(C)O[B]c1cnc(C(F)(F)F)nc1. The Kier molecular flexibility index (Phi) is 5.05. The van der Waals surface area contributed by atoms with Crippen LogP contribution in [0.5, 0.6) is 0 Å². The predicted molar refractivity (Wildman–Crippen MR) is 73.0 cm³/mol. The van der Waals surface area contributed by atoms with Crippen LogP contribution in [0, 0.1) is 5.92 Å². The molecule has 0 bridgehead atoms. The van der Waals surface area contributed by atoms with Crippen molar-refractivity contribution in [2.24, 2.45) is 5.92 Å². The Morgan fingerprint density at radius 1 is 1.14 bits per heavy atom. The van der Waals surface area contributed by atoms with E-state index in [0.29, 0.717) is 0 Å². The van der Waals surface area contributed by atoms with Crippen LogP contribution in [-0.4, -0.2) is 33.8 Å². The van der Waals surface area contributed by atoms with Crippen LogP contribution in [0.4, 0.5) is 13.2 Å². The van der Waals surface area contributed by atoms with Crippen LogP contribution < -0.4 is 5.46 Å². The molecule has 1 rings (SSSR count). The summed E-state index contributed by atoms with van der Waals surface area (Å²) in [6, 6.07) is 0. The molecular formula is C13H19BF3N2O2. The molecule has 1 aromatic rings. The lowest BCUT2D eigenvalue weighted by Crippen LogP contribution is -2.54. The van der Waals surface area contributed by atoms with E-state index >= 15 is 0 Å². The van der Waals surface area contributed by atoms with Crippen molar-refractivity contribution in [3.63, 3.8) is 0 Å². The summed E-state index contributed by atoms with van der Waals surface area (Å²) in [5.74, 6) is -1.27. The van der Waals surface area contributed by atoms with E-state index in [4.69, 9.17) is 4.65 Å². The molecule has 1 aromatic heterocycles. The van der Waals surface area contributed by atoms with E-state index < -0.39 is 23.2 Å². The van der Waals surface area contributed by atoms with Gasteiger partial charge in [-0.2, -0.15) is 13.2 Å². The van der Waals surface area contributed by atoms with Crippen molar-refractivity contribution in [1.82, 2.24) is 9.97 Å².